The standard InChI is InChI=1S/C18H26Cl2OSi.Zr/c1-6-17(21-22(3,4)5)14-10-11-16(20)18(14)12(2)13-8-7-9-15(13)19;/h7-8,10,12,17H,6,9,11H2,1-5H3;. The number of rotatable bonds is 6. The van der Waals surface area contributed by atoms with Crippen LogP contribution in [0.15, 0.2) is 45.0 Å². The monoisotopic (exact) mass is 446 g/mol. The Balaban J connectivity index is 0.00000264. The summed E-state index contributed by atoms with van der Waals surface area (Å²) in [5, 5.41) is 1.88. The Morgan fingerprint density at radius 3 is 2.30 bits per heavy atom. The van der Waals surface area contributed by atoms with Crippen LogP contribution in [0.3, 0.4) is 0 Å². The van der Waals surface area contributed by atoms with Gasteiger partial charge in [0.2, 0.25) is 0 Å². The van der Waals surface area contributed by atoms with Crippen molar-refractivity contribution in [2.45, 2.75) is 58.9 Å². The minimum absolute atomic E-state index is 0. The van der Waals surface area contributed by atoms with Crippen LogP contribution in [-0.4, -0.2) is 14.4 Å². The van der Waals surface area contributed by atoms with Crippen LogP contribution in [0.25, 0.3) is 0 Å². The molecule has 0 aliphatic heterocycles. The zero-order chi connectivity index (χ0) is 16.5. The Hall–Kier alpha value is 0.600. The molecule has 2 aliphatic rings. The van der Waals surface area contributed by atoms with Gasteiger partial charge in [-0.25, -0.2) is 0 Å². The van der Waals surface area contributed by atoms with Crippen molar-refractivity contribution in [3.63, 3.8) is 0 Å². The summed E-state index contributed by atoms with van der Waals surface area (Å²) >= 11 is 12.9. The van der Waals surface area contributed by atoms with Crippen molar-refractivity contribution >= 4 is 31.5 Å². The van der Waals surface area contributed by atoms with Crippen molar-refractivity contribution in [1.29, 1.82) is 0 Å². The molecule has 0 spiro atoms. The van der Waals surface area contributed by atoms with Gasteiger partial charge in [0.1, 0.15) is 0 Å². The summed E-state index contributed by atoms with van der Waals surface area (Å²) in [5.74, 6) is 0.229. The zero-order valence-corrected chi connectivity index (χ0v) is 19.6. The molecule has 0 bridgehead atoms. The molecule has 2 aliphatic carbocycles. The summed E-state index contributed by atoms with van der Waals surface area (Å²) in [6.07, 6.45) is 9.28. The Labute approximate surface area is 171 Å². The van der Waals surface area contributed by atoms with E-state index in [1.807, 2.05) is 0 Å². The third-order valence-corrected chi connectivity index (χ3v) is 5.85. The summed E-state index contributed by atoms with van der Waals surface area (Å²) in [4.78, 5) is 0. The Kier molecular flexibility index (Phi) is 8.29. The minimum atomic E-state index is -1.60. The van der Waals surface area contributed by atoms with Gasteiger partial charge in [0.25, 0.3) is 0 Å². The normalized spacial score (nSPS) is 20.7. The second-order valence-corrected chi connectivity index (χ2v) is 12.4. The van der Waals surface area contributed by atoms with Gasteiger partial charge in [0, 0.05) is 55.0 Å². The van der Waals surface area contributed by atoms with Gasteiger partial charge < -0.3 is 4.43 Å². The van der Waals surface area contributed by atoms with E-state index in [0.717, 1.165) is 29.3 Å². The van der Waals surface area contributed by atoms with E-state index in [-0.39, 0.29) is 38.2 Å². The van der Waals surface area contributed by atoms with E-state index in [2.05, 4.69) is 51.7 Å². The molecule has 0 radical (unpaired) electrons. The molecule has 0 aromatic heterocycles. The Morgan fingerprint density at radius 1 is 1.17 bits per heavy atom. The van der Waals surface area contributed by atoms with Gasteiger partial charge in [0.05, 0.1) is 6.10 Å². The maximum absolute atomic E-state index is 6.56. The van der Waals surface area contributed by atoms with Gasteiger partial charge in [0.15, 0.2) is 8.32 Å². The third-order valence-electron chi connectivity index (χ3n) is 4.13. The van der Waals surface area contributed by atoms with Crippen molar-refractivity contribution in [3.8, 4) is 0 Å². The van der Waals surface area contributed by atoms with Crippen molar-refractivity contribution in [2.75, 3.05) is 0 Å². The summed E-state index contributed by atoms with van der Waals surface area (Å²) < 4.78 is 6.40. The predicted molar refractivity (Wildman–Crippen MR) is 99.9 cm³/mol. The second kappa shape index (κ2) is 8.81. The van der Waals surface area contributed by atoms with Gasteiger partial charge in [-0.3, -0.25) is 0 Å². The average molecular weight is 449 g/mol. The topological polar surface area (TPSA) is 9.23 Å². The van der Waals surface area contributed by atoms with Gasteiger partial charge >= 0.3 is 0 Å². The fourth-order valence-electron chi connectivity index (χ4n) is 3.19. The van der Waals surface area contributed by atoms with Crippen LogP contribution in [0.4, 0.5) is 0 Å². The molecule has 0 N–H and O–H groups in total. The minimum Gasteiger partial charge on any atom is -0.411 e. The first-order valence-electron chi connectivity index (χ1n) is 8.06. The molecule has 23 heavy (non-hydrogen) atoms. The number of hydrogen-bond donors (Lipinski definition) is 0. The van der Waals surface area contributed by atoms with E-state index in [4.69, 9.17) is 27.6 Å². The van der Waals surface area contributed by atoms with E-state index in [9.17, 15) is 0 Å². The Morgan fingerprint density at radius 2 is 1.83 bits per heavy atom. The van der Waals surface area contributed by atoms with Crippen LogP contribution in [0.1, 0.15) is 33.1 Å². The fraction of sp³-hybridized carbons (Fsp3) is 0.556. The molecule has 0 aromatic carbocycles. The van der Waals surface area contributed by atoms with Crippen LogP contribution in [0, 0.1) is 5.92 Å². The maximum atomic E-state index is 6.56. The molecule has 126 valence electrons. The van der Waals surface area contributed by atoms with E-state index in [1.54, 1.807) is 0 Å². The molecule has 0 aromatic rings. The van der Waals surface area contributed by atoms with Crippen molar-refractivity contribution in [2.24, 2.45) is 5.92 Å². The predicted octanol–water partition coefficient (Wildman–Crippen LogP) is 6.53. The van der Waals surface area contributed by atoms with Crippen LogP contribution in [0.2, 0.25) is 19.6 Å². The zero-order valence-electron chi connectivity index (χ0n) is 14.7. The SMILES string of the molecule is CCC(O[Si](C)(C)C)C1=CCC(Cl)=C1C(C)C1=C(Cl)CC=C1.[Zr]. The van der Waals surface area contributed by atoms with Crippen molar-refractivity contribution < 1.29 is 30.6 Å². The van der Waals surface area contributed by atoms with Gasteiger partial charge in [-0.05, 0) is 42.8 Å². The summed E-state index contributed by atoms with van der Waals surface area (Å²) in [6.45, 7) is 11.1. The molecule has 0 amide bonds. The molecule has 5 heteroatoms. The summed E-state index contributed by atoms with van der Waals surface area (Å²) in [6, 6.07) is 0. The molecule has 0 fully saturated rings. The average Bonchev–Trinajstić information content (AvgIpc) is 3.00. The Bertz CT molecular complexity index is 570. The first-order chi connectivity index (χ1) is 10.2. The summed E-state index contributed by atoms with van der Waals surface area (Å²) in [5.41, 5.74) is 3.71. The third kappa shape index (κ3) is 5.28. The molecular weight excluding hydrogens is 422 g/mol. The van der Waals surface area contributed by atoms with E-state index >= 15 is 0 Å². The first-order valence-corrected chi connectivity index (χ1v) is 12.2. The van der Waals surface area contributed by atoms with Gasteiger partial charge in [-0.1, -0.05) is 55.3 Å². The molecule has 2 rings (SSSR count). The van der Waals surface area contributed by atoms with Crippen LogP contribution >= 0.6 is 23.2 Å². The summed E-state index contributed by atoms with van der Waals surface area (Å²) in [7, 11) is -1.60. The van der Waals surface area contributed by atoms with Gasteiger partial charge in [-0.15, -0.1) is 0 Å². The number of hydrogen-bond acceptors (Lipinski definition) is 1. The number of allylic oxidation sites excluding steroid dienone is 6. The molecule has 0 saturated heterocycles. The molecule has 2 unspecified atom stereocenters. The van der Waals surface area contributed by atoms with Crippen molar-refractivity contribution in [1.82, 2.24) is 0 Å². The van der Waals surface area contributed by atoms with E-state index < -0.39 is 8.32 Å². The molecular formula is C18H26Cl2OSiZr. The molecule has 2 atom stereocenters. The van der Waals surface area contributed by atoms with Crippen LogP contribution < -0.4 is 0 Å². The van der Waals surface area contributed by atoms with Crippen LogP contribution in [-0.2, 0) is 30.6 Å². The largest absolute Gasteiger partial charge is 0.411 e. The second-order valence-electron chi connectivity index (χ2n) is 7.00. The molecule has 0 saturated carbocycles. The quantitative estimate of drug-likeness (QED) is 0.420. The van der Waals surface area contributed by atoms with E-state index in [1.165, 1.54) is 16.7 Å². The van der Waals surface area contributed by atoms with Crippen molar-refractivity contribution in [3.05, 3.63) is 45.0 Å². The fourth-order valence-corrected chi connectivity index (χ4v) is 5.00. The first kappa shape index (κ1) is 21.6. The van der Waals surface area contributed by atoms with Gasteiger partial charge in [-0.2, -0.15) is 0 Å². The van der Waals surface area contributed by atoms with Crippen LogP contribution in [0.5, 0.6) is 0 Å². The van der Waals surface area contributed by atoms with E-state index in [0.29, 0.717) is 0 Å². The number of halogens is 2. The maximum Gasteiger partial charge on any atom is 0.184 e. The molecule has 0 heterocycles. The molecule has 1 nitrogen and oxygen atoms in total. The smallest absolute Gasteiger partial charge is 0.184 e.